The van der Waals surface area contributed by atoms with E-state index in [1.54, 1.807) is 6.33 Å². The Morgan fingerprint density at radius 2 is 2.14 bits per heavy atom. The Hall–Kier alpha value is -2.44. The van der Waals surface area contributed by atoms with E-state index in [-0.39, 0.29) is 0 Å². The molecule has 0 radical (unpaired) electrons. The molecule has 1 saturated heterocycles. The Labute approximate surface area is 127 Å². The Morgan fingerprint density at radius 3 is 3.05 bits per heavy atom. The molecule has 3 aromatic heterocycles. The molecule has 0 spiro atoms. The first kappa shape index (κ1) is 12.1. The molecule has 1 atom stereocenters. The molecule has 0 amide bonds. The molecule has 2 fully saturated rings. The fourth-order valence-electron chi connectivity index (χ4n) is 3.30. The zero-order chi connectivity index (χ0) is 14.5. The van der Waals surface area contributed by atoms with Crippen LogP contribution < -0.4 is 4.90 Å². The molecule has 7 heteroatoms. The third kappa shape index (κ3) is 1.88. The Bertz CT molecular complexity index is 816. The minimum absolute atomic E-state index is 0.379. The lowest BCUT2D eigenvalue weighted by molar-refractivity contribution is 0.479. The zero-order valence-electron chi connectivity index (χ0n) is 12.2. The summed E-state index contributed by atoms with van der Waals surface area (Å²) in [4.78, 5) is 14.2. The van der Waals surface area contributed by atoms with Crippen LogP contribution in [-0.4, -0.2) is 43.0 Å². The van der Waals surface area contributed by atoms with Crippen molar-refractivity contribution in [2.24, 2.45) is 0 Å². The van der Waals surface area contributed by atoms with Crippen LogP contribution in [0, 0.1) is 0 Å². The highest BCUT2D eigenvalue weighted by atomic mass is 15.4. The van der Waals surface area contributed by atoms with Gasteiger partial charge in [0, 0.05) is 31.4 Å². The van der Waals surface area contributed by atoms with Gasteiger partial charge in [-0.25, -0.2) is 14.6 Å². The number of fused-ring (bicyclic) bond motifs is 1. The predicted molar refractivity (Wildman–Crippen MR) is 81.8 cm³/mol. The Kier molecular flexibility index (Phi) is 2.50. The molecular weight excluding hydrogens is 278 g/mol. The van der Waals surface area contributed by atoms with Crippen molar-refractivity contribution in [3.63, 3.8) is 0 Å². The van der Waals surface area contributed by atoms with Crippen molar-refractivity contribution in [1.82, 2.24) is 29.9 Å². The number of rotatable bonds is 3. The van der Waals surface area contributed by atoms with Gasteiger partial charge in [-0.2, -0.15) is 0 Å². The molecule has 2 aliphatic rings. The van der Waals surface area contributed by atoms with Crippen molar-refractivity contribution in [2.45, 2.75) is 31.2 Å². The molecule has 4 heterocycles. The van der Waals surface area contributed by atoms with Crippen LogP contribution in [0.1, 0.15) is 36.9 Å². The zero-order valence-corrected chi connectivity index (χ0v) is 12.2. The summed E-state index contributed by atoms with van der Waals surface area (Å²) in [6, 6.07) is 2.42. The lowest BCUT2D eigenvalue weighted by Gasteiger charge is -2.17. The number of H-pyrrole nitrogens is 1. The minimum Gasteiger partial charge on any atom is -0.354 e. The fourth-order valence-corrected chi connectivity index (χ4v) is 3.30. The average Bonchev–Trinajstić information content (AvgIpc) is 3.01. The quantitative estimate of drug-likeness (QED) is 0.798. The molecule has 22 heavy (non-hydrogen) atoms. The van der Waals surface area contributed by atoms with Crippen LogP contribution in [0.2, 0.25) is 0 Å². The van der Waals surface area contributed by atoms with Crippen LogP contribution in [0.4, 0.5) is 5.82 Å². The molecule has 1 unspecified atom stereocenters. The summed E-state index contributed by atoms with van der Waals surface area (Å²) in [6.07, 6.45) is 9.28. The van der Waals surface area contributed by atoms with Crippen LogP contribution >= 0.6 is 0 Å². The van der Waals surface area contributed by atoms with E-state index < -0.39 is 0 Å². The number of hydrogen-bond acceptors (Lipinski definition) is 5. The number of hydrogen-bond donors (Lipinski definition) is 1. The second-order valence-corrected chi connectivity index (χ2v) is 6.22. The molecule has 7 nitrogen and oxygen atoms in total. The second-order valence-electron chi connectivity index (χ2n) is 6.22. The first-order valence-electron chi connectivity index (χ1n) is 7.83. The Morgan fingerprint density at radius 1 is 1.18 bits per heavy atom. The van der Waals surface area contributed by atoms with Gasteiger partial charge in [0.15, 0.2) is 0 Å². The number of aromatic amines is 1. The highest BCUT2D eigenvalue weighted by molar-refractivity contribution is 5.87. The maximum absolute atomic E-state index is 4.48. The minimum atomic E-state index is 0.379. The number of nitrogens with zero attached hydrogens (tertiary/aromatic N) is 6. The SMILES string of the molecule is c1nc(N2CCC(n3cc(C4CC4)nn3)C2)c2cc[nH]c2n1. The van der Waals surface area contributed by atoms with Crippen LogP contribution in [-0.2, 0) is 0 Å². The monoisotopic (exact) mass is 295 g/mol. The van der Waals surface area contributed by atoms with Gasteiger partial charge in [-0.15, -0.1) is 5.10 Å². The standard InChI is InChI=1S/C15H17N7/c1-2-10(1)13-8-22(20-19-13)11-4-6-21(7-11)15-12-3-5-16-14(12)17-9-18-15/h3,5,8-11H,1-2,4,6-7H2,(H,16,17,18). The van der Waals surface area contributed by atoms with Crippen molar-refractivity contribution < 1.29 is 0 Å². The van der Waals surface area contributed by atoms with E-state index in [4.69, 9.17) is 0 Å². The smallest absolute Gasteiger partial charge is 0.142 e. The van der Waals surface area contributed by atoms with Gasteiger partial charge in [-0.1, -0.05) is 5.21 Å². The third-order valence-electron chi connectivity index (χ3n) is 4.69. The highest BCUT2D eigenvalue weighted by Crippen LogP contribution is 2.39. The molecule has 1 N–H and O–H groups in total. The van der Waals surface area contributed by atoms with E-state index in [1.807, 2.05) is 16.9 Å². The first-order valence-corrected chi connectivity index (χ1v) is 7.83. The summed E-state index contributed by atoms with van der Waals surface area (Å²) in [5, 5.41) is 9.75. The van der Waals surface area contributed by atoms with Crippen LogP contribution in [0.25, 0.3) is 11.0 Å². The Balaban J connectivity index is 1.40. The van der Waals surface area contributed by atoms with Crippen LogP contribution in [0.15, 0.2) is 24.8 Å². The molecule has 1 aliphatic heterocycles. The summed E-state index contributed by atoms with van der Waals surface area (Å²) in [5.41, 5.74) is 2.05. The van der Waals surface area contributed by atoms with Gasteiger partial charge in [-0.05, 0) is 25.3 Å². The molecule has 0 aromatic carbocycles. The van der Waals surface area contributed by atoms with Crippen molar-refractivity contribution in [3.8, 4) is 0 Å². The predicted octanol–water partition coefficient (Wildman–Crippen LogP) is 1.88. The summed E-state index contributed by atoms with van der Waals surface area (Å²) in [5.74, 6) is 1.67. The van der Waals surface area contributed by atoms with E-state index in [2.05, 4.69) is 36.4 Å². The molecule has 0 bridgehead atoms. The van der Waals surface area contributed by atoms with Crippen molar-refractivity contribution in [3.05, 3.63) is 30.5 Å². The van der Waals surface area contributed by atoms with Crippen LogP contribution in [0.5, 0.6) is 0 Å². The van der Waals surface area contributed by atoms with Crippen molar-refractivity contribution in [1.29, 1.82) is 0 Å². The average molecular weight is 295 g/mol. The van der Waals surface area contributed by atoms with Gasteiger partial charge in [0.2, 0.25) is 0 Å². The second kappa shape index (κ2) is 4.53. The van der Waals surface area contributed by atoms with E-state index in [1.165, 1.54) is 12.8 Å². The number of anilines is 1. The molecule has 5 rings (SSSR count). The number of aromatic nitrogens is 6. The van der Waals surface area contributed by atoms with Gasteiger partial charge in [0.05, 0.1) is 17.1 Å². The van der Waals surface area contributed by atoms with Gasteiger partial charge in [-0.3, -0.25) is 0 Å². The number of nitrogens with one attached hydrogen (secondary N) is 1. The molecule has 112 valence electrons. The molecule has 3 aromatic rings. The molecular formula is C15H17N7. The maximum atomic E-state index is 4.48. The lowest BCUT2D eigenvalue weighted by atomic mass is 10.2. The summed E-state index contributed by atoms with van der Waals surface area (Å²) < 4.78 is 2.04. The van der Waals surface area contributed by atoms with Gasteiger partial charge >= 0.3 is 0 Å². The normalized spacial score (nSPS) is 21.8. The van der Waals surface area contributed by atoms with Gasteiger partial charge in [0.25, 0.3) is 0 Å². The van der Waals surface area contributed by atoms with E-state index >= 15 is 0 Å². The van der Waals surface area contributed by atoms with E-state index in [0.29, 0.717) is 12.0 Å². The third-order valence-corrected chi connectivity index (χ3v) is 4.69. The van der Waals surface area contributed by atoms with Gasteiger partial charge < -0.3 is 9.88 Å². The van der Waals surface area contributed by atoms with Gasteiger partial charge in [0.1, 0.15) is 17.8 Å². The topological polar surface area (TPSA) is 75.5 Å². The maximum Gasteiger partial charge on any atom is 0.142 e. The first-order chi connectivity index (χ1) is 10.9. The highest BCUT2D eigenvalue weighted by Gasteiger charge is 2.30. The summed E-state index contributed by atoms with van der Waals surface area (Å²) >= 11 is 0. The molecule has 1 saturated carbocycles. The van der Waals surface area contributed by atoms with E-state index in [0.717, 1.165) is 42.1 Å². The summed E-state index contributed by atoms with van der Waals surface area (Å²) in [7, 11) is 0. The lowest BCUT2D eigenvalue weighted by Crippen LogP contribution is -2.22. The summed E-state index contributed by atoms with van der Waals surface area (Å²) in [6.45, 7) is 1.91. The van der Waals surface area contributed by atoms with Crippen molar-refractivity contribution in [2.75, 3.05) is 18.0 Å². The molecule has 1 aliphatic carbocycles. The van der Waals surface area contributed by atoms with Crippen molar-refractivity contribution >= 4 is 16.9 Å². The largest absolute Gasteiger partial charge is 0.354 e. The fraction of sp³-hybridized carbons (Fsp3) is 0.467. The van der Waals surface area contributed by atoms with Crippen LogP contribution in [0.3, 0.4) is 0 Å². The van der Waals surface area contributed by atoms with E-state index in [9.17, 15) is 0 Å².